The van der Waals surface area contributed by atoms with Crippen LogP contribution < -0.4 is 9.86 Å². The summed E-state index contributed by atoms with van der Waals surface area (Å²) in [6, 6.07) is 13.8. The first-order valence-electron chi connectivity index (χ1n) is 8.23. The summed E-state index contributed by atoms with van der Waals surface area (Å²) in [5.74, 6) is -1.19. The topological polar surface area (TPSA) is 105 Å². The van der Waals surface area contributed by atoms with Gasteiger partial charge in [0.05, 0.1) is 11.4 Å². The van der Waals surface area contributed by atoms with Crippen LogP contribution in [0.5, 0.6) is 0 Å². The van der Waals surface area contributed by atoms with Gasteiger partial charge >= 0.3 is 0 Å². The minimum atomic E-state index is -3.98. The van der Waals surface area contributed by atoms with Gasteiger partial charge in [0.1, 0.15) is 5.82 Å². The monoisotopic (exact) mass is 421 g/mol. The van der Waals surface area contributed by atoms with Crippen molar-refractivity contribution >= 4 is 33.3 Å². The molecule has 0 amide bonds. The summed E-state index contributed by atoms with van der Waals surface area (Å²) in [5.41, 5.74) is 1.86. The lowest BCUT2D eigenvalue weighted by molar-refractivity contribution is 0.103. The van der Waals surface area contributed by atoms with E-state index in [-0.39, 0.29) is 11.5 Å². The van der Waals surface area contributed by atoms with E-state index in [1.807, 2.05) is 4.72 Å². The molecule has 0 spiro atoms. The maximum atomic E-state index is 14.5. The smallest absolute Gasteiger partial charge is 0.296 e. The van der Waals surface area contributed by atoms with Crippen LogP contribution in [0.3, 0.4) is 0 Å². The molecule has 146 valence electrons. The summed E-state index contributed by atoms with van der Waals surface area (Å²) in [6.07, 6.45) is 0. The van der Waals surface area contributed by atoms with Crippen LogP contribution in [0.1, 0.15) is 40.2 Å². The molecular formula is C19H17ClFN3O3S. The molecule has 0 fully saturated rings. The van der Waals surface area contributed by atoms with E-state index in [1.54, 1.807) is 43.3 Å². The number of hydrogen-bond donors (Lipinski definition) is 3. The van der Waals surface area contributed by atoms with Crippen molar-refractivity contribution in [1.29, 1.82) is 0 Å². The number of H-pyrrole nitrogens is 1. The molecule has 28 heavy (non-hydrogen) atoms. The zero-order valence-electron chi connectivity index (χ0n) is 14.7. The Morgan fingerprint density at radius 1 is 1.14 bits per heavy atom. The van der Waals surface area contributed by atoms with Crippen molar-refractivity contribution in [1.82, 2.24) is 4.98 Å². The number of carbonyl (C=O) groups excluding carboxylic acids is 1. The molecule has 1 unspecified atom stereocenters. The Morgan fingerprint density at radius 2 is 1.82 bits per heavy atom. The average Bonchev–Trinajstić information content (AvgIpc) is 3.10. The zero-order valence-corrected chi connectivity index (χ0v) is 16.3. The number of aromatic nitrogens is 1. The molecular weight excluding hydrogens is 405 g/mol. The van der Waals surface area contributed by atoms with Crippen molar-refractivity contribution in [2.24, 2.45) is 5.14 Å². The van der Waals surface area contributed by atoms with Crippen LogP contribution in [-0.2, 0) is 10.2 Å². The third-order valence-electron chi connectivity index (χ3n) is 4.25. The van der Waals surface area contributed by atoms with Gasteiger partial charge in [-0.25, -0.2) is 9.53 Å². The van der Waals surface area contributed by atoms with Crippen LogP contribution in [0.2, 0.25) is 5.02 Å². The number of rotatable bonds is 6. The molecule has 0 aliphatic rings. The Morgan fingerprint density at radius 3 is 2.43 bits per heavy atom. The highest BCUT2D eigenvalue weighted by atomic mass is 35.5. The molecule has 0 saturated carbocycles. The number of hydrogen-bond acceptors (Lipinski definition) is 3. The number of aromatic amines is 1. The summed E-state index contributed by atoms with van der Waals surface area (Å²) < 4.78 is 38.6. The summed E-state index contributed by atoms with van der Waals surface area (Å²) in [6.45, 7) is 1.77. The number of anilines is 1. The molecule has 6 nitrogen and oxygen atoms in total. The first-order valence-corrected chi connectivity index (χ1v) is 10.2. The van der Waals surface area contributed by atoms with Gasteiger partial charge in [-0.3, -0.25) is 9.52 Å². The second-order valence-corrected chi connectivity index (χ2v) is 8.00. The Bertz CT molecular complexity index is 1130. The Hall–Kier alpha value is -2.68. The van der Waals surface area contributed by atoms with Crippen LogP contribution in [-0.4, -0.2) is 19.2 Å². The lowest BCUT2D eigenvalue weighted by atomic mass is 9.97. The lowest BCUT2D eigenvalue weighted by Crippen LogP contribution is -2.21. The number of nitrogens with one attached hydrogen (secondary N) is 2. The van der Waals surface area contributed by atoms with Gasteiger partial charge in [0, 0.05) is 22.2 Å². The van der Waals surface area contributed by atoms with Crippen molar-refractivity contribution in [3.63, 3.8) is 0 Å². The zero-order chi connectivity index (χ0) is 20.5. The molecule has 1 heterocycles. The predicted octanol–water partition coefficient (Wildman–Crippen LogP) is 3.81. The third-order valence-corrected chi connectivity index (χ3v) is 5.03. The number of ketones is 1. The van der Waals surface area contributed by atoms with Crippen molar-refractivity contribution in [2.75, 3.05) is 4.72 Å². The SMILES string of the molecule is CC(c1ccc(C(=O)c2ccc(Cl)cc2)[nH]1)c1ccc(NS(N)(=O)=O)cc1F. The lowest BCUT2D eigenvalue weighted by Gasteiger charge is -2.13. The average molecular weight is 422 g/mol. The second kappa shape index (κ2) is 7.75. The van der Waals surface area contributed by atoms with Gasteiger partial charge in [0.25, 0.3) is 10.2 Å². The minimum Gasteiger partial charge on any atom is -0.355 e. The van der Waals surface area contributed by atoms with E-state index in [9.17, 15) is 17.6 Å². The van der Waals surface area contributed by atoms with Gasteiger partial charge in [0.15, 0.2) is 0 Å². The van der Waals surface area contributed by atoms with Gasteiger partial charge in [-0.1, -0.05) is 24.6 Å². The Labute approximate surface area is 166 Å². The van der Waals surface area contributed by atoms with Gasteiger partial charge in [0.2, 0.25) is 5.78 Å². The molecule has 0 radical (unpaired) electrons. The molecule has 0 aliphatic carbocycles. The fraction of sp³-hybridized carbons (Fsp3) is 0.105. The molecule has 0 aliphatic heterocycles. The number of carbonyl (C=O) groups is 1. The molecule has 4 N–H and O–H groups in total. The van der Waals surface area contributed by atoms with E-state index in [2.05, 4.69) is 4.98 Å². The highest BCUT2D eigenvalue weighted by Crippen LogP contribution is 2.28. The summed E-state index contributed by atoms with van der Waals surface area (Å²) >= 11 is 5.84. The molecule has 1 aromatic heterocycles. The minimum absolute atomic E-state index is 0.0287. The third kappa shape index (κ3) is 4.59. The fourth-order valence-electron chi connectivity index (χ4n) is 2.83. The number of nitrogens with two attached hydrogens (primary N) is 1. The standard InChI is InChI=1S/C19H17ClFN3O3S/c1-11(15-7-6-14(10-16(15)21)24-28(22,26)27)17-8-9-18(23-17)19(25)12-2-4-13(20)5-3-12/h2-11,23-24H,1H3,(H2,22,26,27). The van der Waals surface area contributed by atoms with E-state index >= 15 is 0 Å². The van der Waals surface area contributed by atoms with Crippen LogP contribution in [0.4, 0.5) is 10.1 Å². The Kier molecular flexibility index (Phi) is 5.55. The molecule has 1 atom stereocenters. The number of benzene rings is 2. The molecule has 3 rings (SSSR count). The first-order chi connectivity index (χ1) is 13.1. The van der Waals surface area contributed by atoms with Crippen molar-refractivity contribution in [2.45, 2.75) is 12.8 Å². The van der Waals surface area contributed by atoms with E-state index in [1.165, 1.54) is 12.1 Å². The highest BCUT2D eigenvalue weighted by molar-refractivity contribution is 7.90. The van der Waals surface area contributed by atoms with Gasteiger partial charge in [-0.15, -0.1) is 0 Å². The van der Waals surface area contributed by atoms with Crippen LogP contribution >= 0.6 is 11.6 Å². The predicted molar refractivity (Wildman–Crippen MR) is 106 cm³/mol. The maximum Gasteiger partial charge on any atom is 0.296 e. The fourth-order valence-corrected chi connectivity index (χ4v) is 3.41. The first kappa shape index (κ1) is 20.1. The van der Waals surface area contributed by atoms with E-state index in [0.717, 1.165) is 6.07 Å². The summed E-state index contributed by atoms with van der Waals surface area (Å²) in [4.78, 5) is 15.6. The Balaban J connectivity index is 1.83. The highest BCUT2D eigenvalue weighted by Gasteiger charge is 2.18. The van der Waals surface area contributed by atoms with E-state index < -0.39 is 21.9 Å². The van der Waals surface area contributed by atoms with Crippen molar-refractivity contribution < 1.29 is 17.6 Å². The van der Waals surface area contributed by atoms with Crippen molar-refractivity contribution in [3.8, 4) is 0 Å². The van der Waals surface area contributed by atoms with Gasteiger partial charge in [-0.05, 0) is 54.1 Å². The largest absolute Gasteiger partial charge is 0.355 e. The van der Waals surface area contributed by atoms with E-state index in [0.29, 0.717) is 27.5 Å². The second-order valence-electron chi connectivity index (χ2n) is 6.27. The van der Waals surface area contributed by atoms with Gasteiger partial charge < -0.3 is 4.98 Å². The maximum absolute atomic E-state index is 14.5. The molecule has 0 saturated heterocycles. The quantitative estimate of drug-likeness (QED) is 0.527. The van der Waals surface area contributed by atoms with Crippen LogP contribution in [0.15, 0.2) is 54.6 Å². The normalized spacial score (nSPS) is 12.6. The molecule has 2 aromatic carbocycles. The van der Waals surface area contributed by atoms with Gasteiger partial charge in [-0.2, -0.15) is 8.42 Å². The molecule has 0 bridgehead atoms. The summed E-state index contributed by atoms with van der Waals surface area (Å²) in [7, 11) is -3.98. The van der Waals surface area contributed by atoms with E-state index in [4.69, 9.17) is 16.7 Å². The molecule has 3 aromatic rings. The van der Waals surface area contributed by atoms with Crippen LogP contribution in [0.25, 0.3) is 0 Å². The number of halogens is 2. The summed E-state index contributed by atoms with van der Waals surface area (Å²) in [5, 5.41) is 5.42. The van der Waals surface area contributed by atoms with Crippen molar-refractivity contribution in [3.05, 3.63) is 88.0 Å². The van der Waals surface area contributed by atoms with Crippen LogP contribution in [0, 0.1) is 5.82 Å². The molecule has 9 heteroatoms.